The zero-order chi connectivity index (χ0) is 11.0. The van der Waals surface area contributed by atoms with Crippen molar-refractivity contribution in [2.45, 2.75) is 33.7 Å². The standard InChI is InChI=1S/C8H13FN2O.C2H6/c1-3-7-6-10-11(8(7)9)4-5-12-2;1-2/h6H,3-5H2,1-2H3;1-2H3. The van der Waals surface area contributed by atoms with Crippen LogP contribution >= 0.6 is 0 Å². The van der Waals surface area contributed by atoms with Gasteiger partial charge in [-0.2, -0.15) is 9.49 Å². The fourth-order valence-corrected chi connectivity index (χ4v) is 0.980. The fourth-order valence-electron chi connectivity index (χ4n) is 0.980. The van der Waals surface area contributed by atoms with Crippen molar-refractivity contribution in [3.8, 4) is 0 Å². The molecule has 0 radical (unpaired) electrons. The Morgan fingerprint density at radius 3 is 2.57 bits per heavy atom. The van der Waals surface area contributed by atoms with Crippen LogP contribution in [0.4, 0.5) is 4.39 Å². The summed E-state index contributed by atoms with van der Waals surface area (Å²) in [5.41, 5.74) is 0.658. The maximum atomic E-state index is 13.2. The van der Waals surface area contributed by atoms with E-state index in [9.17, 15) is 4.39 Å². The summed E-state index contributed by atoms with van der Waals surface area (Å²) in [6.45, 7) is 6.87. The first-order valence-corrected chi connectivity index (χ1v) is 4.98. The molecule has 0 saturated heterocycles. The van der Waals surface area contributed by atoms with E-state index in [1.807, 2.05) is 20.8 Å². The second-order valence-electron chi connectivity index (χ2n) is 2.53. The topological polar surface area (TPSA) is 27.1 Å². The highest BCUT2D eigenvalue weighted by atomic mass is 19.1. The molecular formula is C10H19FN2O. The van der Waals surface area contributed by atoms with E-state index in [4.69, 9.17) is 4.74 Å². The monoisotopic (exact) mass is 202 g/mol. The van der Waals surface area contributed by atoms with E-state index in [-0.39, 0.29) is 5.95 Å². The summed E-state index contributed by atoms with van der Waals surface area (Å²) >= 11 is 0. The second-order valence-corrected chi connectivity index (χ2v) is 2.53. The molecule has 1 rings (SSSR count). The first kappa shape index (κ1) is 13.1. The molecule has 0 aliphatic carbocycles. The lowest BCUT2D eigenvalue weighted by molar-refractivity contribution is 0.178. The quantitative estimate of drug-likeness (QED) is 0.748. The van der Waals surface area contributed by atoms with E-state index in [1.165, 1.54) is 4.68 Å². The fraction of sp³-hybridized carbons (Fsp3) is 0.700. The highest BCUT2D eigenvalue weighted by Gasteiger charge is 2.06. The summed E-state index contributed by atoms with van der Waals surface area (Å²) in [5.74, 6) is -0.241. The molecule has 1 aromatic heterocycles. The molecule has 0 atom stereocenters. The predicted molar refractivity (Wildman–Crippen MR) is 54.8 cm³/mol. The van der Waals surface area contributed by atoms with Gasteiger partial charge < -0.3 is 4.74 Å². The summed E-state index contributed by atoms with van der Waals surface area (Å²) in [6.07, 6.45) is 2.24. The Labute approximate surface area is 84.9 Å². The molecule has 0 amide bonds. The first-order valence-electron chi connectivity index (χ1n) is 4.98. The van der Waals surface area contributed by atoms with Crippen LogP contribution in [0.25, 0.3) is 0 Å². The minimum atomic E-state index is -0.241. The normalized spacial score (nSPS) is 9.50. The van der Waals surface area contributed by atoms with E-state index in [0.717, 1.165) is 0 Å². The lowest BCUT2D eigenvalue weighted by atomic mass is 10.3. The van der Waals surface area contributed by atoms with Gasteiger partial charge in [-0.25, -0.2) is 4.68 Å². The van der Waals surface area contributed by atoms with Crippen LogP contribution in [0.15, 0.2) is 6.20 Å². The second kappa shape index (κ2) is 7.50. The first-order chi connectivity index (χ1) is 6.79. The number of aryl methyl sites for hydroxylation is 1. The zero-order valence-electron chi connectivity index (χ0n) is 9.38. The molecule has 0 N–H and O–H groups in total. The van der Waals surface area contributed by atoms with Gasteiger partial charge in [0.15, 0.2) is 0 Å². The molecule has 0 saturated carbocycles. The molecule has 0 aromatic carbocycles. The third-order valence-electron chi connectivity index (χ3n) is 1.73. The molecule has 4 heteroatoms. The van der Waals surface area contributed by atoms with Crippen LogP contribution in [0.5, 0.6) is 0 Å². The van der Waals surface area contributed by atoms with Gasteiger partial charge in [0.25, 0.3) is 0 Å². The number of nitrogens with zero attached hydrogens (tertiary/aromatic N) is 2. The number of hydrogen-bond acceptors (Lipinski definition) is 2. The molecule has 0 fully saturated rings. The minimum Gasteiger partial charge on any atom is -0.383 e. The third-order valence-corrected chi connectivity index (χ3v) is 1.73. The average Bonchev–Trinajstić information content (AvgIpc) is 2.59. The summed E-state index contributed by atoms with van der Waals surface area (Å²) in [5, 5.41) is 3.89. The molecule has 3 nitrogen and oxygen atoms in total. The van der Waals surface area contributed by atoms with E-state index in [2.05, 4.69) is 5.10 Å². The van der Waals surface area contributed by atoms with Crippen LogP contribution in [0.1, 0.15) is 26.3 Å². The Morgan fingerprint density at radius 2 is 2.14 bits per heavy atom. The predicted octanol–water partition coefficient (Wildman–Crippen LogP) is 2.26. The maximum Gasteiger partial charge on any atom is 0.214 e. The van der Waals surface area contributed by atoms with Gasteiger partial charge in [0.2, 0.25) is 5.95 Å². The molecule has 0 spiro atoms. The molecular weight excluding hydrogens is 183 g/mol. The van der Waals surface area contributed by atoms with Gasteiger partial charge in [-0.3, -0.25) is 0 Å². The largest absolute Gasteiger partial charge is 0.383 e. The van der Waals surface area contributed by atoms with Crippen LogP contribution in [-0.2, 0) is 17.7 Å². The number of aromatic nitrogens is 2. The van der Waals surface area contributed by atoms with Gasteiger partial charge in [0, 0.05) is 12.7 Å². The summed E-state index contributed by atoms with van der Waals surface area (Å²) in [4.78, 5) is 0. The Hall–Kier alpha value is -0.900. The number of ether oxygens (including phenoxy) is 1. The molecule has 0 bridgehead atoms. The van der Waals surface area contributed by atoms with Gasteiger partial charge in [-0.05, 0) is 6.42 Å². The van der Waals surface area contributed by atoms with Gasteiger partial charge in [0.1, 0.15) is 0 Å². The van der Waals surface area contributed by atoms with Crippen molar-refractivity contribution in [2.24, 2.45) is 0 Å². The van der Waals surface area contributed by atoms with Gasteiger partial charge >= 0.3 is 0 Å². The summed E-state index contributed by atoms with van der Waals surface area (Å²) in [6, 6.07) is 0. The SMILES string of the molecule is CC.CCc1cnn(CCOC)c1F. The highest BCUT2D eigenvalue weighted by Crippen LogP contribution is 2.06. The lowest BCUT2D eigenvalue weighted by Crippen LogP contribution is -2.08. The van der Waals surface area contributed by atoms with Crippen LogP contribution in [0, 0.1) is 5.95 Å². The van der Waals surface area contributed by atoms with Crippen LogP contribution in [0.2, 0.25) is 0 Å². The molecule has 1 heterocycles. The number of methoxy groups -OCH3 is 1. The van der Waals surface area contributed by atoms with Crippen molar-refractivity contribution < 1.29 is 9.13 Å². The lowest BCUT2D eigenvalue weighted by Gasteiger charge is -2.00. The average molecular weight is 202 g/mol. The van der Waals surface area contributed by atoms with Crippen LogP contribution in [-0.4, -0.2) is 23.5 Å². The Morgan fingerprint density at radius 1 is 1.50 bits per heavy atom. The Bertz CT molecular complexity index is 248. The Kier molecular flexibility index (Phi) is 7.02. The van der Waals surface area contributed by atoms with Crippen molar-refractivity contribution in [3.05, 3.63) is 17.7 Å². The third kappa shape index (κ3) is 3.46. The smallest absolute Gasteiger partial charge is 0.214 e. The van der Waals surface area contributed by atoms with Gasteiger partial charge in [0.05, 0.1) is 19.3 Å². The zero-order valence-corrected chi connectivity index (χ0v) is 9.38. The highest BCUT2D eigenvalue weighted by molar-refractivity contribution is 5.05. The van der Waals surface area contributed by atoms with E-state index < -0.39 is 0 Å². The summed E-state index contributed by atoms with van der Waals surface area (Å²) < 4.78 is 19.3. The number of rotatable bonds is 4. The van der Waals surface area contributed by atoms with Crippen molar-refractivity contribution in [2.75, 3.05) is 13.7 Å². The summed E-state index contributed by atoms with van der Waals surface area (Å²) in [7, 11) is 1.59. The minimum absolute atomic E-state index is 0.241. The van der Waals surface area contributed by atoms with Crippen molar-refractivity contribution in [1.29, 1.82) is 0 Å². The molecule has 1 aromatic rings. The van der Waals surface area contributed by atoms with Crippen molar-refractivity contribution >= 4 is 0 Å². The molecule has 82 valence electrons. The maximum absolute atomic E-state index is 13.2. The van der Waals surface area contributed by atoms with Crippen LogP contribution < -0.4 is 0 Å². The van der Waals surface area contributed by atoms with E-state index in [1.54, 1.807) is 13.3 Å². The van der Waals surface area contributed by atoms with Crippen molar-refractivity contribution in [1.82, 2.24) is 9.78 Å². The van der Waals surface area contributed by atoms with Gasteiger partial charge in [-0.1, -0.05) is 20.8 Å². The molecule has 0 unspecified atom stereocenters. The van der Waals surface area contributed by atoms with Gasteiger partial charge in [-0.15, -0.1) is 0 Å². The molecule has 0 aliphatic heterocycles. The molecule has 0 aliphatic rings. The van der Waals surface area contributed by atoms with E-state index in [0.29, 0.717) is 25.1 Å². The number of hydrogen-bond donors (Lipinski definition) is 0. The Balaban J connectivity index is 0.000000791. The van der Waals surface area contributed by atoms with Crippen LogP contribution in [0.3, 0.4) is 0 Å². The molecule has 14 heavy (non-hydrogen) atoms. The van der Waals surface area contributed by atoms with Crippen molar-refractivity contribution in [3.63, 3.8) is 0 Å². The van der Waals surface area contributed by atoms with E-state index >= 15 is 0 Å². The number of halogens is 1.